The van der Waals surface area contributed by atoms with E-state index in [1.165, 1.54) is 70.6 Å². The lowest BCUT2D eigenvalue weighted by Gasteiger charge is -2.15. The molecule has 1 amide bonds. The van der Waals surface area contributed by atoms with Crippen LogP contribution in [0.1, 0.15) is 149 Å². The number of phosphoric ester groups is 1. The van der Waals surface area contributed by atoms with Crippen LogP contribution >= 0.6 is 7.82 Å². The summed E-state index contributed by atoms with van der Waals surface area (Å²) in [4.78, 5) is 33.3. The molecule has 3 N–H and O–H groups in total. The highest BCUT2D eigenvalue weighted by Crippen LogP contribution is 2.42. The molecule has 258 valence electrons. The van der Waals surface area contributed by atoms with Crippen LogP contribution in [0.3, 0.4) is 0 Å². The number of allylic oxidation sites excluding steroid dienone is 4. The monoisotopic (exact) mass is 645 g/mol. The Morgan fingerprint density at radius 3 is 1.86 bits per heavy atom. The second kappa shape index (κ2) is 31.5. The van der Waals surface area contributed by atoms with Crippen LogP contribution in [-0.2, 0) is 27.9 Å². The Morgan fingerprint density at radius 1 is 0.705 bits per heavy atom. The van der Waals surface area contributed by atoms with Crippen LogP contribution in [0.5, 0.6) is 0 Å². The van der Waals surface area contributed by atoms with Gasteiger partial charge in [0, 0.05) is 19.4 Å². The predicted octanol–water partition coefficient (Wildman–Crippen LogP) is 8.48. The Kier molecular flexibility index (Phi) is 30.4. The first-order chi connectivity index (χ1) is 21.3. The van der Waals surface area contributed by atoms with E-state index in [0.29, 0.717) is 6.42 Å². The molecule has 0 aromatic rings. The molecule has 0 fully saturated rings. The molecule has 0 bridgehead atoms. The number of nitrogens with one attached hydrogen (secondary N) is 1. The third kappa shape index (κ3) is 31.9. The van der Waals surface area contributed by atoms with Gasteiger partial charge < -0.3 is 20.1 Å². The largest absolute Gasteiger partial charge is 0.472 e. The van der Waals surface area contributed by atoms with Gasteiger partial charge in [0.2, 0.25) is 5.91 Å². The zero-order valence-electron chi connectivity index (χ0n) is 27.9. The van der Waals surface area contributed by atoms with Crippen LogP contribution in [0.4, 0.5) is 0 Å². The van der Waals surface area contributed by atoms with Crippen LogP contribution in [0, 0.1) is 0 Å². The zero-order chi connectivity index (χ0) is 32.6. The molecule has 0 radical (unpaired) electrons. The first-order valence-corrected chi connectivity index (χ1v) is 18.8. The maximum Gasteiger partial charge on any atom is 0.472 e. The number of ether oxygens (including phenoxy) is 1. The van der Waals surface area contributed by atoms with Gasteiger partial charge in [-0.2, -0.15) is 0 Å². The fourth-order valence-electron chi connectivity index (χ4n) is 4.47. The quantitative estimate of drug-likeness (QED) is 0.0287. The number of carbonyl (C=O) groups is 2. The van der Waals surface area contributed by atoms with E-state index < -0.39 is 26.5 Å². The van der Waals surface area contributed by atoms with E-state index in [1.54, 1.807) is 0 Å². The Bertz CT molecular complexity index is 789. The van der Waals surface area contributed by atoms with Crippen molar-refractivity contribution in [1.82, 2.24) is 5.32 Å². The Hall–Kier alpha value is -1.51. The van der Waals surface area contributed by atoms with Gasteiger partial charge in [0.25, 0.3) is 0 Å². The summed E-state index contributed by atoms with van der Waals surface area (Å²) >= 11 is 0. The van der Waals surface area contributed by atoms with Crippen molar-refractivity contribution in [1.29, 1.82) is 0 Å². The number of carbonyl (C=O) groups excluding carboxylic acids is 2. The van der Waals surface area contributed by atoms with E-state index in [-0.39, 0.29) is 32.1 Å². The normalized spacial score (nSPS) is 13.8. The summed E-state index contributed by atoms with van der Waals surface area (Å²) in [5, 5.41) is 12.5. The lowest BCUT2D eigenvalue weighted by molar-refractivity contribution is -0.147. The molecule has 0 aliphatic heterocycles. The predicted molar refractivity (Wildman–Crippen MR) is 178 cm³/mol. The number of hydrogen-bond acceptors (Lipinski definition) is 7. The molecule has 10 heteroatoms. The molecule has 9 nitrogen and oxygen atoms in total. The molecule has 44 heavy (non-hydrogen) atoms. The van der Waals surface area contributed by atoms with Crippen molar-refractivity contribution < 1.29 is 37.9 Å². The van der Waals surface area contributed by atoms with Gasteiger partial charge in [0.05, 0.1) is 13.2 Å². The molecule has 0 saturated carbocycles. The summed E-state index contributed by atoms with van der Waals surface area (Å²) in [7, 11) is -4.39. The Labute approximate surface area is 268 Å². The van der Waals surface area contributed by atoms with Gasteiger partial charge in [-0.05, 0) is 44.9 Å². The first kappa shape index (κ1) is 42.5. The molecule has 0 spiro atoms. The van der Waals surface area contributed by atoms with Crippen LogP contribution in [-0.4, -0.2) is 54.3 Å². The van der Waals surface area contributed by atoms with Gasteiger partial charge in [-0.15, -0.1) is 0 Å². The number of unbranched alkanes of at least 4 members (excludes halogenated alkanes) is 15. The summed E-state index contributed by atoms with van der Waals surface area (Å²) < 4.78 is 26.5. The molecule has 2 atom stereocenters. The lowest BCUT2D eigenvalue weighted by atomic mass is 10.1. The maximum absolute atomic E-state index is 12.0. The fourth-order valence-corrected chi connectivity index (χ4v) is 5.22. The molecule has 0 saturated heterocycles. The minimum absolute atomic E-state index is 0.0803. The van der Waals surface area contributed by atoms with E-state index in [4.69, 9.17) is 13.8 Å². The number of aliphatic hydroxyl groups is 1. The molecule has 2 unspecified atom stereocenters. The number of esters is 1. The van der Waals surface area contributed by atoms with Crippen LogP contribution in [0.25, 0.3) is 0 Å². The van der Waals surface area contributed by atoms with E-state index >= 15 is 0 Å². The summed E-state index contributed by atoms with van der Waals surface area (Å²) in [5.74, 6) is -0.539. The minimum Gasteiger partial charge on any atom is -0.463 e. The van der Waals surface area contributed by atoms with Gasteiger partial charge in [0.1, 0.15) is 12.7 Å². The highest BCUT2D eigenvalue weighted by Gasteiger charge is 2.23. The molecule has 0 aliphatic rings. The van der Waals surface area contributed by atoms with Gasteiger partial charge in [-0.3, -0.25) is 18.6 Å². The van der Waals surface area contributed by atoms with Crippen molar-refractivity contribution in [2.45, 2.75) is 155 Å². The van der Waals surface area contributed by atoms with Crippen molar-refractivity contribution in [3.05, 3.63) is 24.3 Å². The lowest BCUT2D eigenvalue weighted by Crippen LogP contribution is -2.27. The van der Waals surface area contributed by atoms with Crippen molar-refractivity contribution in [3.63, 3.8) is 0 Å². The fraction of sp³-hybridized carbons (Fsp3) is 0.824. The topological polar surface area (TPSA) is 131 Å². The molecule has 0 aromatic heterocycles. The number of aliphatic hydroxyl groups excluding tert-OH is 1. The highest BCUT2D eigenvalue weighted by molar-refractivity contribution is 7.47. The van der Waals surface area contributed by atoms with Crippen molar-refractivity contribution in [2.75, 3.05) is 26.4 Å². The number of phosphoric acid groups is 1. The SMILES string of the molecule is CCCCC/C=C\C/C=C\CCCCCCCCCCCC(=O)NCCOP(=O)(O)OCC(O)COC(=O)CCCCCC. The van der Waals surface area contributed by atoms with Crippen molar-refractivity contribution >= 4 is 19.7 Å². The minimum atomic E-state index is -4.39. The summed E-state index contributed by atoms with van der Waals surface area (Å²) in [6.07, 6.45) is 30.3. The molecule has 0 heterocycles. The van der Waals surface area contributed by atoms with E-state index in [9.17, 15) is 24.2 Å². The molecular formula is C34H64NO8P. The van der Waals surface area contributed by atoms with Gasteiger partial charge in [-0.25, -0.2) is 4.57 Å². The highest BCUT2D eigenvalue weighted by atomic mass is 31.2. The third-order valence-corrected chi connectivity index (χ3v) is 8.12. The Balaban J connectivity index is 3.57. The van der Waals surface area contributed by atoms with Crippen molar-refractivity contribution in [3.8, 4) is 0 Å². The second-order valence-electron chi connectivity index (χ2n) is 11.5. The van der Waals surface area contributed by atoms with E-state index in [2.05, 4.69) is 43.5 Å². The summed E-state index contributed by atoms with van der Waals surface area (Å²) in [6.45, 7) is 3.36. The smallest absolute Gasteiger partial charge is 0.463 e. The average molecular weight is 646 g/mol. The van der Waals surface area contributed by atoms with Gasteiger partial charge in [0.15, 0.2) is 0 Å². The Morgan fingerprint density at radius 2 is 1.23 bits per heavy atom. The van der Waals surface area contributed by atoms with Crippen molar-refractivity contribution in [2.24, 2.45) is 0 Å². The van der Waals surface area contributed by atoms with Crippen LogP contribution in [0.15, 0.2) is 24.3 Å². The molecule has 0 rings (SSSR count). The number of amides is 1. The molecule has 0 aliphatic carbocycles. The van der Waals surface area contributed by atoms with Gasteiger partial charge in [-0.1, -0.05) is 115 Å². The zero-order valence-corrected chi connectivity index (χ0v) is 28.7. The van der Waals surface area contributed by atoms with E-state index in [1.807, 2.05) is 0 Å². The third-order valence-electron chi connectivity index (χ3n) is 7.13. The van der Waals surface area contributed by atoms with E-state index in [0.717, 1.165) is 51.4 Å². The first-order valence-electron chi connectivity index (χ1n) is 17.3. The second-order valence-corrected chi connectivity index (χ2v) is 12.9. The molecule has 0 aromatic carbocycles. The summed E-state index contributed by atoms with van der Waals surface area (Å²) in [6, 6.07) is 0. The van der Waals surface area contributed by atoms with Crippen LogP contribution < -0.4 is 5.32 Å². The average Bonchev–Trinajstić information content (AvgIpc) is 3.00. The maximum atomic E-state index is 12.0. The number of rotatable bonds is 32. The van der Waals surface area contributed by atoms with Gasteiger partial charge >= 0.3 is 13.8 Å². The van der Waals surface area contributed by atoms with Crippen LogP contribution in [0.2, 0.25) is 0 Å². The standard InChI is InChI=1S/C34H64NO8P/c1-3-5-7-9-10-11-12-13-14-15-16-17-18-19-20-21-22-23-24-26-33(37)35-28-29-42-44(39,40)43-31-32(36)30-41-34(38)27-25-8-6-4-2/h10-11,13-14,32,36H,3-9,12,15-31H2,1-2H3,(H,35,37)(H,39,40)/b11-10-,14-13-. The summed E-state index contributed by atoms with van der Waals surface area (Å²) in [5.41, 5.74) is 0. The molecular weight excluding hydrogens is 581 g/mol. The number of hydrogen-bond donors (Lipinski definition) is 3.